The first-order chi connectivity index (χ1) is 9.86. The molecule has 0 aliphatic heterocycles. The molecule has 1 amide bonds. The number of amides is 1. The Morgan fingerprint density at radius 3 is 2.57 bits per heavy atom. The van der Waals surface area contributed by atoms with Gasteiger partial charge in [0.2, 0.25) is 5.91 Å². The molecular formula is C16H14BrClFNO. The zero-order valence-electron chi connectivity index (χ0n) is 11.6. The van der Waals surface area contributed by atoms with Crippen molar-refractivity contribution >= 4 is 39.1 Å². The van der Waals surface area contributed by atoms with E-state index in [4.69, 9.17) is 11.6 Å². The molecule has 0 saturated heterocycles. The number of carbonyl (C=O) groups excluding carboxylic acids is 1. The molecule has 2 aromatic rings. The van der Waals surface area contributed by atoms with Gasteiger partial charge >= 0.3 is 0 Å². The van der Waals surface area contributed by atoms with Gasteiger partial charge in [-0.25, -0.2) is 4.39 Å². The summed E-state index contributed by atoms with van der Waals surface area (Å²) in [6, 6.07) is 8.31. The quantitative estimate of drug-likeness (QED) is 0.806. The normalized spacial score (nSPS) is 10.5. The van der Waals surface area contributed by atoms with Crippen molar-refractivity contribution in [2.24, 2.45) is 0 Å². The van der Waals surface area contributed by atoms with Crippen LogP contribution in [-0.2, 0) is 11.2 Å². The van der Waals surface area contributed by atoms with Gasteiger partial charge < -0.3 is 5.32 Å². The van der Waals surface area contributed by atoms with Crippen molar-refractivity contribution in [3.8, 4) is 0 Å². The highest BCUT2D eigenvalue weighted by molar-refractivity contribution is 9.10. The summed E-state index contributed by atoms with van der Waals surface area (Å²) in [6.45, 7) is 4.03. The molecule has 0 atom stereocenters. The van der Waals surface area contributed by atoms with Gasteiger partial charge in [-0.05, 0) is 58.6 Å². The fourth-order valence-electron chi connectivity index (χ4n) is 1.94. The summed E-state index contributed by atoms with van der Waals surface area (Å²) >= 11 is 9.14. The predicted molar refractivity (Wildman–Crippen MR) is 87.4 cm³/mol. The Morgan fingerprint density at radius 2 is 1.95 bits per heavy atom. The second-order valence-electron chi connectivity index (χ2n) is 4.89. The molecular weight excluding hydrogens is 357 g/mol. The Kier molecular flexibility index (Phi) is 5.01. The summed E-state index contributed by atoms with van der Waals surface area (Å²) in [5.74, 6) is -0.661. The molecule has 0 heterocycles. The van der Waals surface area contributed by atoms with Crippen LogP contribution in [0.3, 0.4) is 0 Å². The number of carbonyl (C=O) groups is 1. The molecule has 0 saturated carbocycles. The Bertz CT molecular complexity index is 680. The predicted octanol–water partition coefficient (Wildman–Crippen LogP) is 5.04. The molecule has 0 aromatic heterocycles. The average Bonchev–Trinajstić information content (AvgIpc) is 2.38. The van der Waals surface area contributed by atoms with E-state index in [1.807, 2.05) is 32.0 Å². The van der Waals surface area contributed by atoms with Gasteiger partial charge in [-0.3, -0.25) is 4.79 Å². The molecule has 0 aliphatic rings. The second-order valence-corrected chi connectivity index (χ2v) is 6.15. The molecule has 21 heavy (non-hydrogen) atoms. The summed E-state index contributed by atoms with van der Waals surface area (Å²) in [7, 11) is 0. The van der Waals surface area contributed by atoms with Crippen LogP contribution in [0.15, 0.2) is 34.8 Å². The number of rotatable bonds is 3. The lowest BCUT2D eigenvalue weighted by Gasteiger charge is -2.10. The van der Waals surface area contributed by atoms with Crippen LogP contribution in [0.5, 0.6) is 0 Å². The monoisotopic (exact) mass is 369 g/mol. The van der Waals surface area contributed by atoms with Crippen LogP contribution in [0.2, 0.25) is 5.02 Å². The molecule has 0 spiro atoms. The van der Waals surface area contributed by atoms with Crippen molar-refractivity contribution in [2.75, 3.05) is 5.32 Å². The maximum atomic E-state index is 13.1. The Morgan fingerprint density at radius 1 is 1.24 bits per heavy atom. The molecule has 5 heteroatoms. The molecule has 0 unspecified atom stereocenters. The van der Waals surface area contributed by atoms with E-state index in [1.54, 1.807) is 0 Å². The summed E-state index contributed by atoms with van der Waals surface area (Å²) in [5, 5.41) is 2.87. The maximum absolute atomic E-state index is 13.1. The standard InChI is InChI=1S/C16H14BrClFNO/c1-9-3-4-11(5-10(9)2)6-15(21)20-16-13(17)7-12(19)8-14(16)18/h3-5,7-8H,6H2,1-2H3,(H,20,21). The number of hydrogen-bond donors (Lipinski definition) is 1. The van der Waals surface area contributed by atoms with Crippen molar-refractivity contribution in [1.82, 2.24) is 0 Å². The summed E-state index contributed by atoms with van der Waals surface area (Å²) < 4.78 is 13.6. The van der Waals surface area contributed by atoms with Gasteiger partial charge in [0.25, 0.3) is 0 Å². The van der Waals surface area contributed by atoms with Crippen LogP contribution in [0.4, 0.5) is 10.1 Å². The molecule has 2 rings (SSSR count). The number of anilines is 1. The summed E-state index contributed by atoms with van der Waals surface area (Å²) in [4.78, 5) is 12.1. The van der Waals surface area contributed by atoms with Gasteiger partial charge in [0.15, 0.2) is 0 Å². The topological polar surface area (TPSA) is 29.1 Å². The zero-order valence-corrected chi connectivity index (χ0v) is 14.0. The van der Waals surface area contributed by atoms with E-state index >= 15 is 0 Å². The largest absolute Gasteiger partial charge is 0.324 e. The van der Waals surface area contributed by atoms with Crippen LogP contribution < -0.4 is 5.32 Å². The van der Waals surface area contributed by atoms with Crippen molar-refractivity contribution in [2.45, 2.75) is 20.3 Å². The van der Waals surface area contributed by atoms with Gasteiger partial charge in [0.05, 0.1) is 17.1 Å². The van der Waals surface area contributed by atoms with Crippen LogP contribution >= 0.6 is 27.5 Å². The van der Waals surface area contributed by atoms with E-state index in [2.05, 4.69) is 21.2 Å². The lowest BCUT2D eigenvalue weighted by atomic mass is 10.0. The molecule has 2 aromatic carbocycles. The van der Waals surface area contributed by atoms with Crippen LogP contribution in [-0.4, -0.2) is 5.91 Å². The van der Waals surface area contributed by atoms with E-state index in [-0.39, 0.29) is 17.4 Å². The van der Waals surface area contributed by atoms with Crippen molar-refractivity contribution in [3.63, 3.8) is 0 Å². The molecule has 110 valence electrons. The SMILES string of the molecule is Cc1ccc(CC(=O)Nc2c(Cl)cc(F)cc2Br)cc1C. The van der Waals surface area contributed by atoms with Gasteiger partial charge in [0, 0.05) is 4.47 Å². The van der Waals surface area contributed by atoms with Crippen molar-refractivity contribution in [3.05, 3.63) is 62.3 Å². The third-order valence-corrected chi connectivity index (χ3v) is 4.13. The minimum absolute atomic E-state index is 0.162. The molecule has 1 N–H and O–H groups in total. The number of aryl methyl sites for hydroxylation is 2. The Labute approximate surface area is 136 Å². The third-order valence-electron chi connectivity index (χ3n) is 3.21. The van der Waals surface area contributed by atoms with E-state index in [9.17, 15) is 9.18 Å². The first kappa shape index (κ1) is 16.0. The van der Waals surface area contributed by atoms with Crippen LogP contribution in [0, 0.1) is 19.7 Å². The second kappa shape index (κ2) is 6.58. The average molecular weight is 371 g/mol. The molecule has 0 fully saturated rings. The van der Waals surface area contributed by atoms with Gasteiger partial charge in [-0.1, -0.05) is 29.8 Å². The van der Waals surface area contributed by atoms with Gasteiger partial charge in [-0.15, -0.1) is 0 Å². The lowest BCUT2D eigenvalue weighted by Crippen LogP contribution is -2.15. The van der Waals surface area contributed by atoms with E-state index in [0.29, 0.717) is 10.2 Å². The van der Waals surface area contributed by atoms with E-state index < -0.39 is 5.82 Å². The van der Waals surface area contributed by atoms with E-state index in [1.165, 1.54) is 11.6 Å². The fraction of sp³-hybridized carbons (Fsp3) is 0.188. The minimum atomic E-state index is -0.459. The molecule has 0 radical (unpaired) electrons. The molecule has 2 nitrogen and oxygen atoms in total. The van der Waals surface area contributed by atoms with E-state index in [0.717, 1.165) is 17.2 Å². The first-order valence-electron chi connectivity index (χ1n) is 6.37. The lowest BCUT2D eigenvalue weighted by molar-refractivity contribution is -0.115. The number of halogens is 3. The smallest absolute Gasteiger partial charge is 0.228 e. The first-order valence-corrected chi connectivity index (χ1v) is 7.54. The third kappa shape index (κ3) is 4.05. The van der Waals surface area contributed by atoms with Gasteiger partial charge in [0.1, 0.15) is 5.82 Å². The van der Waals surface area contributed by atoms with Crippen molar-refractivity contribution in [1.29, 1.82) is 0 Å². The number of nitrogens with one attached hydrogen (secondary N) is 1. The Hall–Kier alpha value is -1.39. The Balaban J connectivity index is 2.13. The number of hydrogen-bond acceptors (Lipinski definition) is 1. The summed E-state index contributed by atoms with van der Waals surface area (Å²) in [5.41, 5.74) is 3.63. The molecule has 0 bridgehead atoms. The zero-order chi connectivity index (χ0) is 15.6. The fourth-order valence-corrected chi connectivity index (χ4v) is 2.84. The summed E-state index contributed by atoms with van der Waals surface area (Å²) in [6.07, 6.45) is 0.237. The maximum Gasteiger partial charge on any atom is 0.228 e. The molecule has 0 aliphatic carbocycles. The number of benzene rings is 2. The highest BCUT2D eigenvalue weighted by atomic mass is 79.9. The van der Waals surface area contributed by atoms with Gasteiger partial charge in [-0.2, -0.15) is 0 Å². The van der Waals surface area contributed by atoms with Crippen LogP contribution in [0.1, 0.15) is 16.7 Å². The minimum Gasteiger partial charge on any atom is -0.324 e. The highest BCUT2D eigenvalue weighted by Crippen LogP contribution is 2.31. The van der Waals surface area contributed by atoms with Crippen LogP contribution in [0.25, 0.3) is 0 Å². The van der Waals surface area contributed by atoms with Crippen molar-refractivity contribution < 1.29 is 9.18 Å². The highest BCUT2D eigenvalue weighted by Gasteiger charge is 2.12.